The van der Waals surface area contributed by atoms with Crippen LogP contribution in [0.3, 0.4) is 0 Å². The molecule has 1 aromatic rings. The van der Waals surface area contributed by atoms with E-state index in [1.165, 1.54) is 17.3 Å². The number of amidine groups is 2. The summed E-state index contributed by atoms with van der Waals surface area (Å²) < 4.78 is 0. The zero-order valence-corrected chi connectivity index (χ0v) is 8.50. The molecule has 1 atom stereocenters. The van der Waals surface area contributed by atoms with Crippen molar-refractivity contribution in [2.24, 2.45) is 10.7 Å². The summed E-state index contributed by atoms with van der Waals surface area (Å²) in [5.41, 5.74) is 7.01. The van der Waals surface area contributed by atoms with Crippen molar-refractivity contribution in [3.63, 3.8) is 0 Å². The van der Waals surface area contributed by atoms with Gasteiger partial charge in [-0.15, -0.1) is 0 Å². The first-order valence-corrected chi connectivity index (χ1v) is 5.31. The maximum Gasteiger partial charge on any atom is 0.353 e. The molecule has 1 aliphatic rings. The van der Waals surface area contributed by atoms with Gasteiger partial charge in [-0.1, -0.05) is 30.3 Å². The van der Waals surface area contributed by atoms with Gasteiger partial charge in [0.2, 0.25) is 5.84 Å². The lowest BCUT2D eigenvalue weighted by Crippen LogP contribution is -2.35. The van der Waals surface area contributed by atoms with Crippen molar-refractivity contribution in [1.29, 1.82) is 0 Å². The van der Waals surface area contributed by atoms with Crippen molar-refractivity contribution in [3.8, 4) is 0 Å². The van der Waals surface area contributed by atoms with Crippen molar-refractivity contribution in [3.05, 3.63) is 35.9 Å². The molecule has 0 spiro atoms. The summed E-state index contributed by atoms with van der Waals surface area (Å²) in [4.78, 5) is 4.02. The van der Waals surface area contributed by atoms with Gasteiger partial charge in [0.05, 0.1) is 0 Å². The lowest BCUT2D eigenvalue weighted by Gasteiger charge is -2.04. The van der Waals surface area contributed by atoms with Crippen molar-refractivity contribution >= 4 is 22.8 Å². The fourth-order valence-corrected chi connectivity index (χ4v) is 2.30. The Morgan fingerprint density at radius 1 is 1.36 bits per heavy atom. The van der Waals surface area contributed by atoms with E-state index in [0.717, 1.165) is 6.42 Å². The standard InChI is InChI=1S/C10H11N3S/c11-9-8(14-10(12)13-9)6-7-4-2-1-3-5-7/h1-5,8H,6H2,(H3,11,12,13)/p+1/t8-/m1/s1. The highest BCUT2D eigenvalue weighted by Gasteiger charge is 2.30. The molecule has 0 amide bonds. The van der Waals surface area contributed by atoms with Gasteiger partial charge in [-0.25, -0.2) is 0 Å². The Bertz CT molecular complexity index is 372. The van der Waals surface area contributed by atoms with Gasteiger partial charge < -0.3 is 5.73 Å². The van der Waals surface area contributed by atoms with Gasteiger partial charge in [0, 0.05) is 0 Å². The maximum atomic E-state index is 5.75. The summed E-state index contributed by atoms with van der Waals surface area (Å²) in [7, 11) is 0. The van der Waals surface area contributed by atoms with Crippen LogP contribution in [0.25, 0.3) is 0 Å². The van der Waals surface area contributed by atoms with Gasteiger partial charge in [0.25, 0.3) is 0 Å². The van der Waals surface area contributed by atoms with Crippen molar-refractivity contribution in [1.82, 2.24) is 0 Å². The Hall–Kier alpha value is -1.29. The highest BCUT2D eigenvalue weighted by atomic mass is 32.2. The van der Waals surface area contributed by atoms with Crippen molar-refractivity contribution < 1.29 is 5.41 Å². The second-order valence-corrected chi connectivity index (χ2v) is 4.39. The molecule has 0 aromatic heterocycles. The predicted octanol–water partition coefficient (Wildman–Crippen LogP) is -0.183. The minimum absolute atomic E-state index is 0.206. The Kier molecular flexibility index (Phi) is 2.54. The Labute approximate surface area is 86.9 Å². The maximum absolute atomic E-state index is 5.75. The zero-order chi connectivity index (χ0) is 9.97. The number of benzene rings is 1. The lowest BCUT2D eigenvalue weighted by molar-refractivity contribution is -0.109. The van der Waals surface area contributed by atoms with Crippen LogP contribution < -0.4 is 11.1 Å². The van der Waals surface area contributed by atoms with Crippen LogP contribution in [0.4, 0.5) is 0 Å². The van der Waals surface area contributed by atoms with E-state index >= 15 is 0 Å². The molecule has 0 fully saturated rings. The summed E-state index contributed by atoms with van der Waals surface area (Å²) in [5, 5.41) is 6.36. The number of aliphatic imine (C=N–C) groups is 1. The number of hydrogen-bond donors (Lipinski definition) is 2. The van der Waals surface area contributed by atoms with Crippen LogP contribution in [0.15, 0.2) is 35.3 Å². The number of rotatable bonds is 2. The first kappa shape index (κ1) is 9.27. The molecule has 0 unspecified atom stereocenters. The van der Waals surface area contributed by atoms with E-state index in [1.54, 1.807) is 0 Å². The third kappa shape index (κ3) is 1.96. The highest BCUT2D eigenvalue weighted by Crippen LogP contribution is 2.22. The third-order valence-electron chi connectivity index (χ3n) is 2.10. The van der Waals surface area contributed by atoms with Gasteiger partial charge in [0.1, 0.15) is 5.25 Å². The van der Waals surface area contributed by atoms with Crippen LogP contribution in [-0.2, 0) is 6.42 Å². The molecule has 0 saturated carbocycles. The first-order valence-electron chi connectivity index (χ1n) is 4.43. The van der Waals surface area contributed by atoms with Crippen molar-refractivity contribution in [2.45, 2.75) is 11.7 Å². The van der Waals surface area contributed by atoms with Crippen LogP contribution in [0.1, 0.15) is 5.56 Å². The van der Waals surface area contributed by atoms with Gasteiger partial charge in [-0.05, 0) is 28.7 Å². The van der Waals surface area contributed by atoms with Gasteiger partial charge >= 0.3 is 5.17 Å². The molecule has 1 aromatic carbocycles. The molecule has 72 valence electrons. The van der Waals surface area contributed by atoms with E-state index < -0.39 is 0 Å². The van der Waals surface area contributed by atoms with E-state index in [1.807, 2.05) is 18.2 Å². The average Bonchev–Trinajstić information content (AvgIpc) is 2.47. The van der Waals surface area contributed by atoms with E-state index in [0.29, 0.717) is 11.0 Å². The molecule has 14 heavy (non-hydrogen) atoms. The molecule has 4 N–H and O–H groups in total. The second-order valence-electron chi connectivity index (χ2n) is 3.17. The van der Waals surface area contributed by atoms with Gasteiger partial charge in [-0.2, -0.15) is 0 Å². The molecule has 3 nitrogen and oxygen atoms in total. The molecule has 0 bridgehead atoms. The van der Waals surface area contributed by atoms with Crippen LogP contribution >= 0.6 is 11.8 Å². The number of nitrogens with zero attached hydrogens (tertiary/aromatic N) is 1. The largest absolute Gasteiger partial charge is 0.365 e. The Morgan fingerprint density at radius 3 is 2.64 bits per heavy atom. The van der Waals surface area contributed by atoms with Crippen LogP contribution in [-0.4, -0.2) is 16.3 Å². The topological polar surface area (TPSA) is 64.0 Å². The Balaban J connectivity index is 2.07. The van der Waals surface area contributed by atoms with E-state index in [4.69, 9.17) is 11.1 Å². The Morgan fingerprint density at radius 2 is 2.07 bits per heavy atom. The number of hydrogen-bond acceptors (Lipinski definition) is 2. The zero-order valence-electron chi connectivity index (χ0n) is 7.68. The molecular formula is C10H12N3S+. The summed E-state index contributed by atoms with van der Waals surface area (Å²) >= 11 is 1.53. The molecule has 2 rings (SSSR count). The summed E-state index contributed by atoms with van der Waals surface area (Å²) in [6.07, 6.45) is 0.890. The fraction of sp³-hybridized carbons (Fsp3) is 0.200. The molecular weight excluding hydrogens is 194 g/mol. The quantitative estimate of drug-likeness (QED) is 0.705. The van der Waals surface area contributed by atoms with Crippen LogP contribution in [0.2, 0.25) is 0 Å². The lowest BCUT2D eigenvalue weighted by atomic mass is 10.1. The van der Waals surface area contributed by atoms with E-state index in [9.17, 15) is 0 Å². The summed E-state index contributed by atoms with van der Waals surface area (Å²) in [5.74, 6) is 0.636. The number of thioether (sulfide) groups is 1. The second kappa shape index (κ2) is 3.84. The highest BCUT2D eigenvalue weighted by molar-refractivity contribution is 8.15. The van der Waals surface area contributed by atoms with E-state index in [-0.39, 0.29) is 5.25 Å². The first-order chi connectivity index (χ1) is 6.75. The molecule has 4 heteroatoms. The van der Waals surface area contributed by atoms with Crippen molar-refractivity contribution in [2.75, 3.05) is 0 Å². The molecule has 0 radical (unpaired) electrons. The van der Waals surface area contributed by atoms with E-state index in [2.05, 4.69) is 17.1 Å². The average molecular weight is 206 g/mol. The number of nitrogens with two attached hydrogens (primary N) is 2. The summed E-state index contributed by atoms with van der Waals surface area (Å²) in [6.45, 7) is 0. The van der Waals surface area contributed by atoms with Crippen LogP contribution in [0.5, 0.6) is 0 Å². The minimum atomic E-state index is 0.206. The molecule has 0 saturated heterocycles. The summed E-state index contributed by atoms with van der Waals surface area (Å²) in [6, 6.07) is 10.2. The molecule has 1 heterocycles. The monoisotopic (exact) mass is 206 g/mol. The third-order valence-corrected chi connectivity index (χ3v) is 3.12. The fourth-order valence-electron chi connectivity index (χ4n) is 1.41. The smallest absolute Gasteiger partial charge is 0.353 e. The SMILES string of the molecule is NC1=NC(=[NH2+])S[C@@H]1Cc1ccccc1. The van der Waals surface area contributed by atoms with Gasteiger partial charge in [0.15, 0.2) is 0 Å². The van der Waals surface area contributed by atoms with Gasteiger partial charge in [-0.3, -0.25) is 5.41 Å². The predicted molar refractivity (Wildman–Crippen MR) is 60.1 cm³/mol. The minimum Gasteiger partial charge on any atom is -0.365 e. The molecule has 1 aliphatic heterocycles. The molecule has 0 aliphatic carbocycles. The normalized spacial score (nSPS) is 21.0. The van der Waals surface area contributed by atoms with Crippen LogP contribution in [0, 0.1) is 0 Å².